The molecule has 0 aliphatic carbocycles. The molecule has 0 unspecified atom stereocenters. The molecule has 1 amide bonds. The first kappa shape index (κ1) is 19.9. The van der Waals surface area contributed by atoms with Crippen molar-refractivity contribution in [3.63, 3.8) is 0 Å². The Bertz CT molecular complexity index is 1170. The molecule has 0 saturated carbocycles. The second-order valence-corrected chi connectivity index (χ2v) is 6.42. The van der Waals surface area contributed by atoms with Crippen molar-refractivity contribution in [1.29, 1.82) is 0 Å². The Morgan fingerprint density at radius 2 is 1.93 bits per heavy atom. The highest BCUT2D eigenvalue weighted by Crippen LogP contribution is 2.22. The highest BCUT2D eigenvalue weighted by molar-refractivity contribution is 5.92. The minimum absolute atomic E-state index is 0.00346. The summed E-state index contributed by atoms with van der Waals surface area (Å²) in [6.07, 6.45) is 0. The first-order chi connectivity index (χ1) is 13.8. The van der Waals surface area contributed by atoms with Crippen LogP contribution in [-0.2, 0) is 6.54 Å². The Balaban J connectivity index is 1.93. The van der Waals surface area contributed by atoms with Crippen molar-refractivity contribution in [3.8, 4) is 5.69 Å². The third-order valence-electron chi connectivity index (χ3n) is 4.32. The van der Waals surface area contributed by atoms with Gasteiger partial charge in [0.25, 0.3) is 11.6 Å². The van der Waals surface area contributed by atoms with Gasteiger partial charge in [0.05, 0.1) is 4.92 Å². The maximum absolute atomic E-state index is 13.6. The molecule has 0 bridgehead atoms. The van der Waals surface area contributed by atoms with Crippen LogP contribution in [0, 0.1) is 29.8 Å². The molecule has 9 heteroatoms. The van der Waals surface area contributed by atoms with Crippen molar-refractivity contribution in [2.75, 3.05) is 0 Å². The molecule has 0 radical (unpaired) electrons. The van der Waals surface area contributed by atoms with E-state index in [1.807, 2.05) is 0 Å². The van der Waals surface area contributed by atoms with Gasteiger partial charge in [0.1, 0.15) is 11.5 Å². The summed E-state index contributed by atoms with van der Waals surface area (Å²) in [5.74, 6) is -1.16. The van der Waals surface area contributed by atoms with Crippen LogP contribution >= 0.6 is 0 Å². The number of nitrogens with zero attached hydrogens (tertiary/aromatic N) is 3. The number of para-hydroxylation sites is 2. The molecule has 0 spiro atoms. The third kappa shape index (κ3) is 4.18. The van der Waals surface area contributed by atoms with Crippen LogP contribution in [0.25, 0.3) is 5.69 Å². The number of benzene rings is 2. The number of nitro groups is 1. The molecular formula is C20H17FN4O4. The lowest BCUT2D eigenvalue weighted by Gasteiger charge is -2.12. The molecule has 1 heterocycles. The highest BCUT2D eigenvalue weighted by Gasteiger charge is 2.20. The van der Waals surface area contributed by atoms with Crippen LogP contribution in [0.5, 0.6) is 0 Å². The van der Waals surface area contributed by atoms with E-state index in [0.29, 0.717) is 16.8 Å². The molecule has 0 aliphatic rings. The monoisotopic (exact) mass is 396 g/mol. The van der Waals surface area contributed by atoms with E-state index in [2.05, 4.69) is 10.4 Å². The summed E-state index contributed by atoms with van der Waals surface area (Å²) in [6.45, 7) is 3.18. The molecule has 0 aliphatic heterocycles. The normalized spacial score (nSPS) is 10.6. The molecule has 1 N–H and O–H groups in total. The number of carbonyl (C=O) groups is 1. The van der Waals surface area contributed by atoms with Gasteiger partial charge in [0.2, 0.25) is 5.43 Å². The Hall–Kier alpha value is -3.88. The molecule has 148 valence electrons. The van der Waals surface area contributed by atoms with Gasteiger partial charge in [-0.1, -0.05) is 24.3 Å². The molecule has 3 aromatic rings. The van der Waals surface area contributed by atoms with Crippen molar-refractivity contribution in [2.45, 2.75) is 20.4 Å². The van der Waals surface area contributed by atoms with Gasteiger partial charge in [-0.05, 0) is 37.1 Å². The predicted octanol–water partition coefficient (Wildman–Crippen LogP) is 2.83. The summed E-state index contributed by atoms with van der Waals surface area (Å²) in [6, 6.07) is 11.6. The number of hydrogen-bond donors (Lipinski definition) is 1. The summed E-state index contributed by atoms with van der Waals surface area (Å²) < 4.78 is 14.8. The third-order valence-corrected chi connectivity index (χ3v) is 4.32. The average Bonchev–Trinajstić information content (AvgIpc) is 2.68. The summed E-state index contributed by atoms with van der Waals surface area (Å²) >= 11 is 0. The molecular weight excluding hydrogens is 379 g/mol. The zero-order valence-corrected chi connectivity index (χ0v) is 15.7. The minimum atomic E-state index is -0.761. The maximum atomic E-state index is 13.6. The number of nitrogens with one attached hydrogen (secondary N) is 1. The van der Waals surface area contributed by atoms with Gasteiger partial charge in [-0.25, -0.2) is 9.07 Å². The predicted molar refractivity (Wildman–Crippen MR) is 104 cm³/mol. The van der Waals surface area contributed by atoms with Crippen LogP contribution in [0.3, 0.4) is 0 Å². The fourth-order valence-electron chi connectivity index (χ4n) is 2.76. The maximum Gasteiger partial charge on any atom is 0.294 e. The summed E-state index contributed by atoms with van der Waals surface area (Å²) in [5, 5.41) is 17.9. The van der Waals surface area contributed by atoms with Crippen LogP contribution < -0.4 is 10.7 Å². The Morgan fingerprint density at radius 3 is 2.62 bits per heavy atom. The van der Waals surface area contributed by atoms with Crippen molar-refractivity contribution < 1.29 is 14.1 Å². The first-order valence-electron chi connectivity index (χ1n) is 8.66. The van der Waals surface area contributed by atoms with Gasteiger partial charge >= 0.3 is 0 Å². The Kier molecular flexibility index (Phi) is 5.49. The zero-order valence-electron chi connectivity index (χ0n) is 15.7. The number of carbonyl (C=O) groups excluding carboxylic acids is 1. The number of aryl methyl sites for hydroxylation is 2. The van der Waals surface area contributed by atoms with E-state index >= 15 is 0 Å². The van der Waals surface area contributed by atoms with E-state index in [4.69, 9.17) is 0 Å². The van der Waals surface area contributed by atoms with Crippen LogP contribution in [0.15, 0.2) is 53.3 Å². The standard InChI is InChI=1S/C20H17FN4O4/c1-12-7-8-14(10-15(12)21)11-22-20(27)19-18(26)9-13(2)24(23-19)16-5-3-4-6-17(16)25(28)29/h3-10H,11H2,1-2H3,(H,22,27). The molecule has 8 nitrogen and oxygen atoms in total. The van der Waals surface area contributed by atoms with E-state index < -0.39 is 27.8 Å². The molecule has 2 aromatic carbocycles. The summed E-state index contributed by atoms with van der Waals surface area (Å²) in [4.78, 5) is 35.5. The second kappa shape index (κ2) is 8.01. The molecule has 0 saturated heterocycles. The molecule has 29 heavy (non-hydrogen) atoms. The second-order valence-electron chi connectivity index (χ2n) is 6.42. The summed E-state index contributed by atoms with van der Waals surface area (Å²) in [7, 11) is 0. The largest absolute Gasteiger partial charge is 0.346 e. The first-order valence-corrected chi connectivity index (χ1v) is 8.66. The lowest BCUT2D eigenvalue weighted by molar-refractivity contribution is -0.384. The molecule has 0 fully saturated rings. The quantitative estimate of drug-likeness (QED) is 0.527. The SMILES string of the molecule is Cc1ccc(CNC(=O)c2nn(-c3ccccc3[N+](=O)[O-])c(C)cc2=O)cc1F. The fraction of sp³-hybridized carbons (Fsp3) is 0.150. The average molecular weight is 396 g/mol. The van der Waals surface area contributed by atoms with Crippen LogP contribution in [0.4, 0.5) is 10.1 Å². The van der Waals surface area contributed by atoms with E-state index in [-0.39, 0.29) is 17.9 Å². The van der Waals surface area contributed by atoms with E-state index in [9.17, 15) is 24.1 Å². The summed E-state index contributed by atoms with van der Waals surface area (Å²) in [5.41, 5.74) is 0.214. The van der Waals surface area contributed by atoms with Gasteiger partial charge in [-0.15, -0.1) is 0 Å². The number of aromatic nitrogens is 2. The zero-order chi connectivity index (χ0) is 21.1. The van der Waals surface area contributed by atoms with Crippen LogP contribution in [-0.4, -0.2) is 20.6 Å². The number of amides is 1. The van der Waals surface area contributed by atoms with Gasteiger partial charge in [0.15, 0.2) is 5.69 Å². The number of hydrogen-bond acceptors (Lipinski definition) is 5. The van der Waals surface area contributed by atoms with Crippen LogP contribution in [0.2, 0.25) is 0 Å². The Morgan fingerprint density at radius 1 is 1.21 bits per heavy atom. The fourth-order valence-corrected chi connectivity index (χ4v) is 2.76. The Labute approximate surface area is 164 Å². The van der Waals surface area contributed by atoms with E-state index in [1.54, 1.807) is 32.0 Å². The number of halogens is 1. The van der Waals surface area contributed by atoms with Crippen molar-refractivity contribution in [1.82, 2.24) is 15.1 Å². The molecule has 3 rings (SSSR count). The van der Waals surface area contributed by atoms with Gasteiger partial charge in [-0.2, -0.15) is 5.10 Å². The van der Waals surface area contributed by atoms with Crippen molar-refractivity contribution in [3.05, 3.63) is 97.2 Å². The van der Waals surface area contributed by atoms with Gasteiger partial charge < -0.3 is 5.32 Å². The van der Waals surface area contributed by atoms with Gasteiger partial charge in [0, 0.05) is 24.4 Å². The minimum Gasteiger partial charge on any atom is -0.346 e. The van der Waals surface area contributed by atoms with Crippen molar-refractivity contribution >= 4 is 11.6 Å². The van der Waals surface area contributed by atoms with E-state index in [1.165, 1.54) is 35.0 Å². The topological polar surface area (TPSA) is 107 Å². The number of rotatable bonds is 5. The lowest BCUT2D eigenvalue weighted by atomic mass is 10.1. The smallest absolute Gasteiger partial charge is 0.294 e. The van der Waals surface area contributed by atoms with Gasteiger partial charge in [-0.3, -0.25) is 19.7 Å². The highest BCUT2D eigenvalue weighted by atomic mass is 19.1. The van der Waals surface area contributed by atoms with Crippen LogP contribution in [0.1, 0.15) is 27.3 Å². The molecule has 0 atom stereocenters. The number of nitro benzene ring substituents is 1. The molecule has 1 aromatic heterocycles. The lowest BCUT2D eigenvalue weighted by Crippen LogP contribution is -2.31. The van der Waals surface area contributed by atoms with Crippen molar-refractivity contribution in [2.24, 2.45) is 0 Å². The van der Waals surface area contributed by atoms with E-state index in [0.717, 1.165) is 0 Å².